The highest BCUT2D eigenvalue weighted by atomic mass is 35.5. The number of amides is 2. The van der Waals surface area contributed by atoms with Crippen molar-refractivity contribution in [2.24, 2.45) is 5.92 Å². The molecule has 0 aliphatic rings. The predicted molar refractivity (Wildman–Crippen MR) is 169 cm³/mol. The molecular weight excluding hydrogens is 613 g/mol. The van der Waals surface area contributed by atoms with E-state index in [1.54, 1.807) is 49.4 Å². The first-order chi connectivity index (χ1) is 20.4. The Hall–Kier alpha value is -3.47. The summed E-state index contributed by atoms with van der Waals surface area (Å²) >= 11 is 12.9. The normalized spacial score (nSPS) is 12.0. The number of nitrogens with zero attached hydrogens (tertiary/aromatic N) is 2. The van der Waals surface area contributed by atoms with E-state index in [0.29, 0.717) is 27.9 Å². The van der Waals surface area contributed by atoms with Gasteiger partial charge < -0.3 is 19.7 Å². The molecule has 9 nitrogen and oxygen atoms in total. The van der Waals surface area contributed by atoms with E-state index in [-0.39, 0.29) is 41.1 Å². The summed E-state index contributed by atoms with van der Waals surface area (Å²) in [6, 6.07) is 16.4. The molecule has 0 unspecified atom stereocenters. The zero-order valence-electron chi connectivity index (χ0n) is 24.8. The van der Waals surface area contributed by atoms with Gasteiger partial charge in [-0.1, -0.05) is 68.2 Å². The van der Waals surface area contributed by atoms with E-state index in [1.807, 2.05) is 13.8 Å². The third kappa shape index (κ3) is 8.34. The van der Waals surface area contributed by atoms with E-state index in [9.17, 15) is 18.0 Å². The minimum Gasteiger partial charge on any atom is -0.493 e. The molecule has 1 atom stereocenters. The Bertz CT molecular complexity index is 1500. The molecule has 1 N–H and O–H groups in total. The number of hydrogen-bond acceptors (Lipinski definition) is 6. The molecule has 232 valence electrons. The molecule has 3 aromatic carbocycles. The maximum atomic E-state index is 14.3. The van der Waals surface area contributed by atoms with Crippen molar-refractivity contribution in [1.82, 2.24) is 10.2 Å². The van der Waals surface area contributed by atoms with Crippen molar-refractivity contribution in [3.63, 3.8) is 0 Å². The number of anilines is 1. The van der Waals surface area contributed by atoms with Crippen LogP contribution in [0.2, 0.25) is 10.0 Å². The second-order valence-electron chi connectivity index (χ2n) is 10.1. The van der Waals surface area contributed by atoms with Crippen LogP contribution in [0.25, 0.3) is 0 Å². The Balaban J connectivity index is 2.13. The molecule has 0 radical (unpaired) electrons. The predicted octanol–water partition coefficient (Wildman–Crippen LogP) is 5.79. The van der Waals surface area contributed by atoms with Crippen LogP contribution in [0.1, 0.15) is 32.8 Å². The summed E-state index contributed by atoms with van der Waals surface area (Å²) in [6.45, 7) is 5.37. The molecule has 0 saturated heterocycles. The number of methoxy groups -OCH3 is 2. The number of rotatable bonds is 14. The lowest BCUT2D eigenvalue weighted by Gasteiger charge is -2.33. The molecule has 0 bridgehead atoms. The van der Waals surface area contributed by atoms with Gasteiger partial charge in [0.1, 0.15) is 12.6 Å². The fraction of sp³-hybridized carbons (Fsp3) is 0.355. The molecule has 0 aromatic heterocycles. The van der Waals surface area contributed by atoms with Gasteiger partial charge in [0.05, 0.1) is 24.8 Å². The van der Waals surface area contributed by atoms with Crippen LogP contribution in [0.3, 0.4) is 0 Å². The Morgan fingerprint density at radius 3 is 2.09 bits per heavy atom. The molecule has 0 saturated carbocycles. The Kier molecular flexibility index (Phi) is 12.1. The van der Waals surface area contributed by atoms with Gasteiger partial charge in [-0.3, -0.25) is 13.9 Å². The Labute approximate surface area is 263 Å². The summed E-state index contributed by atoms with van der Waals surface area (Å²) in [5, 5.41) is 3.52. The topological polar surface area (TPSA) is 105 Å². The molecule has 2 amide bonds. The van der Waals surface area contributed by atoms with E-state index in [2.05, 4.69) is 5.32 Å². The molecule has 0 spiro atoms. The zero-order valence-corrected chi connectivity index (χ0v) is 27.2. The van der Waals surface area contributed by atoms with E-state index < -0.39 is 28.5 Å². The summed E-state index contributed by atoms with van der Waals surface area (Å²) in [7, 11) is -1.36. The highest BCUT2D eigenvalue weighted by Crippen LogP contribution is 2.34. The molecule has 0 aliphatic carbocycles. The van der Waals surface area contributed by atoms with Crippen molar-refractivity contribution in [1.29, 1.82) is 0 Å². The number of nitrogens with one attached hydrogen (secondary N) is 1. The molecule has 3 rings (SSSR count). The van der Waals surface area contributed by atoms with Gasteiger partial charge in [0, 0.05) is 34.8 Å². The lowest BCUT2D eigenvalue weighted by molar-refractivity contribution is -0.140. The maximum absolute atomic E-state index is 14.3. The Morgan fingerprint density at radius 1 is 0.907 bits per heavy atom. The van der Waals surface area contributed by atoms with E-state index >= 15 is 0 Å². The second-order valence-corrected chi connectivity index (χ2v) is 12.8. The highest BCUT2D eigenvalue weighted by Gasteiger charge is 2.34. The van der Waals surface area contributed by atoms with Crippen molar-refractivity contribution >= 4 is 50.7 Å². The van der Waals surface area contributed by atoms with Crippen LogP contribution in [0.15, 0.2) is 71.6 Å². The average molecular weight is 651 g/mol. The monoisotopic (exact) mass is 649 g/mol. The standard InChI is InChI=1S/C31H37Cl2N3O6S/c1-6-27(31(38)34-18-21(2)3)35(19-24-25(32)13-10-14-26(24)33)30(37)20-36(43(39,40)23-11-8-7-9-12-23)22-15-16-28(41-4)29(17-22)42-5/h7-17,21,27H,6,18-20H2,1-5H3,(H,34,38)/t27-/m0/s1. The number of benzene rings is 3. The Morgan fingerprint density at radius 2 is 1.53 bits per heavy atom. The van der Waals surface area contributed by atoms with E-state index in [0.717, 1.165) is 4.31 Å². The molecule has 0 aliphatic heterocycles. The summed E-state index contributed by atoms with van der Waals surface area (Å²) in [5.41, 5.74) is 0.612. The van der Waals surface area contributed by atoms with Crippen molar-refractivity contribution in [3.8, 4) is 11.5 Å². The van der Waals surface area contributed by atoms with Gasteiger partial charge in [0.15, 0.2) is 11.5 Å². The molecule has 12 heteroatoms. The minimum atomic E-state index is -4.25. The van der Waals surface area contributed by atoms with Crippen LogP contribution in [0.4, 0.5) is 5.69 Å². The van der Waals surface area contributed by atoms with E-state index in [4.69, 9.17) is 32.7 Å². The summed E-state index contributed by atoms with van der Waals surface area (Å²) in [4.78, 5) is 28.9. The fourth-order valence-electron chi connectivity index (χ4n) is 4.42. The number of carbonyl (C=O) groups is 2. The molecule has 0 heterocycles. The second kappa shape index (κ2) is 15.3. The molecule has 0 fully saturated rings. The fourth-order valence-corrected chi connectivity index (χ4v) is 6.37. The SMILES string of the molecule is CC[C@@H](C(=O)NCC(C)C)N(Cc1c(Cl)cccc1Cl)C(=O)CN(c1ccc(OC)c(OC)c1)S(=O)(=O)c1ccccc1. The van der Waals surface area contributed by atoms with Gasteiger partial charge in [-0.05, 0) is 48.7 Å². The molecular formula is C31H37Cl2N3O6S. The first-order valence-corrected chi connectivity index (χ1v) is 15.9. The third-order valence-electron chi connectivity index (χ3n) is 6.73. The maximum Gasteiger partial charge on any atom is 0.264 e. The number of carbonyl (C=O) groups excluding carboxylic acids is 2. The van der Waals surface area contributed by atoms with Gasteiger partial charge in [0.25, 0.3) is 10.0 Å². The van der Waals surface area contributed by atoms with Crippen molar-refractivity contribution in [3.05, 3.63) is 82.3 Å². The minimum absolute atomic E-state index is 0.0139. The first-order valence-electron chi connectivity index (χ1n) is 13.7. The largest absolute Gasteiger partial charge is 0.493 e. The average Bonchev–Trinajstić information content (AvgIpc) is 2.99. The number of halogens is 2. The lowest BCUT2D eigenvalue weighted by Crippen LogP contribution is -2.52. The molecule has 43 heavy (non-hydrogen) atoms. The van der Waals surface area contributed by atoms with Crippen LogP contribution < -0.4 is 19.1 Å². The van der Waals surface area contributed by atoms with Crippen LogP contribution in [-0.4, -0.2) is 58.5 Å². The lowest BCUT2D eigenvalue weighted by atomic mass is 10.1. The van der Waals surface area contributed by atoms with Gasteiger partial charge in [-0.25, -0.2) is 8.42 Å². The van der Waals surface area contributed by atoms with Gasteiger partial charge in [0.2, 0.25) is 11.8 Å². The summed E-state index contributed by atoms with van der Waals surface area (Å²) in [6.07, 6.45) is 0.263. The number of ether oxygens (including phenoxy) is 2. The van der Waals surface area contributed by atoms with Crippen LogP contribution in [0, 0.1) is 5.92 Å². The smallest absolute Gasteiger partial charge is 0.264 e. The van der Waals surface area contributed by atoms with Crippen molar-refractivity contribution < 1.29 is 27.5 Å². The van der Waals surface area contributed by atoms with E-state index in [1.165, 1.54) is 43.4 Å². The van der Waals surface area contributed by atoms with Gasteiger partial charge in [-0.15, -0.1) is 0 Å². The molecule has 3 aromatic rings. The van der Waals surface area contributed by atoms with Gasteiger partial charge in [-0.2, -0.15) is 0 Å². The van der Waals surface area contributed by atoms with Crippen molar-refractivity contribution in [2.75, 3.05) is 31.6 Å². The van der Waals surface area contributed by atoms with Crippen LogP contribution in [-0.2, 0) is 26.2 Å². The van der Waals surface area contributed by atoms with Crippen LogP contribution >= 0.6 is 23.2 Å². The summed E-state index contributed by atoms with van der Waals surface area (Å²) in [5.74, 6) is -0.147. The number of hydrogen-bond donors (Lipinski definition) is 1. The van der Waals surface area contributed by atoms with Crippen molar-refractivity contribution in [2.45, 2.75) is 44.7 Å². The first kappa shape index (κ1) is 34.0. The highest BCUT2D eigenvalue weighted by molar-refractivity contribution is 7.92. The summed E-state index contributed by atoms with van der Waals surface area (Å²) < 4.78 is 39.8. The van der Waals surface area contributed by atoms with Gasteiger partial charge >= 0.3 is 0 Å². The quantitative estimate of drug-likeness (QED) is 0.237. The number of sulfonamides is 1. The van der Waals surface area contributed by atoms with Crippen LogP contribution in [0.5, 0.6) is 11.5 Å². The third-order valence-corrected chi connectivity index (χ3v) is 9.22. The zero-order chi connectivity index (χ0) is 31.7.